The Hall–Kier alpha value is -1.06. The third-order valence-corrected chi connectivity index (χ3v) is 3.29. The van der Waals surface area contributed by atoms with Crippen molar-refractivity contribution in [2.75, 3.05) is 0 Å². The van der Waals surface area contributed by atoms with Crippen molar-refractivity contribution >= 4 is 11.9 Å². The quantitative estimate of drug-likeness (QED) is 0.290. The Labute approximate surface area is 129 Å². The Morgan fingerprint density at radius 2 is 1.24 bits per heavy atom. The summed E-state index contributed by atoms with van der Waals surface area (Å²) in [5.74, 6) is -0.728. The van der Waals surface area contributed by atoms with Crippen LogP contribution in [0.5, 0.6) is 0 Å². The van der Waals surface area contributed by atoms with E-state index in [1.54, 1.807) is 0 Å². The molecule has 0 aromatic rings. The normalized spacial score (nSPS) is 10.7. The van der Waals surface area contributed by atoms with Crippen molar-refractivity contribution in [3.63, 3.8) is 0 Å². The Morgan fingerprint density at radius 1 is 0.762 bits per heavy atom. The summed E-state index contributed by atoms with van der Waals surface area (Å²) in [4.78, 5) is 31.5. The summed E-state index contributed by atoms with van der Waals surface area (Å²) in [6.45, 7) is 6.04. The number of carbonyl (C=O) groups is 2. The lowest BCUT2D eigenvalue weighted by Crippen LogP contribution is -2.12. The van der Waals surface area contributed by atoms with Crippen LogP contribution in [-0.4, -0.2) is 11.9 Å². The molecule has 4 heteroatoms. The third-order valence-electron chi connectivity index (χ3n) is 3.29. The van der Waals surface area contributed by atoms with Crippen LogP contribution >= 0.6 is 0 Å². The second kappa shape index (κ2) is 13.9. The summed E-state index contributed by atoms with van der Waals surface area (Å²) in [6.07, 6.45) is 11.4. The summed E-state index contributed by atoms with van der Waals surface area (Å²) >= 11 is 0. The van der Waals surface area contributed by atoms with Gasteiger partial charge in [0.05, 0.1) is 12.8 Å². The van der Waals surface area contributed by atoms with E-state index in [4.69, 9.17) is 0 Å². The highest BCUT2D eigenvalue weighted by atomic mass is 17.2. The minimum atomic E-state index is -0.481. The SMILES string of the molecule is CCCCCCCCCCCC(=O)OOC(=O)CC(C)C. The Kier molecular flexibility index (Phi) is 13.2. The molecule has 0 heterocycles. The molecular weight excluding hydrogens is 268 g/mol. The average molecular weight is 300 g/mol. The van der Waals surface area contributed by atoms with Gasteiger partial charge in [0.25, 0.3) is 0 Å². The van der Waals surface area contributed by atoms with Gasteiger partial charge in [-0.05, 0) is 12.3 Å². The zero-order valence-electron chi connectivity index (χ0n) is 14.0. The molecule has 0 fully saturated rings. The average Bonchev–Trinajstić information content (AvgIpc) is 2.42. The molecule has 0 saturated heterocycles. The fourth-order valence-corrected chi connectivity index (χ4v) is 2.08. The largest absolute Gasteiger partial charge is 0.355 e. The van der Waals surface area contributed by atoms with E-state index in [-0.39, 0.29) is 12.3 Å². The van der Waals surface area contributed by atoms with E-state index < -0.39 is 11.9 Å². The van der Waals surface area contributed by atoms with Gasteiger partial charge in [0.1, 0.15) is 0 Å². The second-order valence-corrected chi connectivity index (χ2v) is 6.09. The van der Waals surface area contributed by atoms with Crippen LogP contribution in [-0.2, 0) is 19.4 Å². The van der Waals surface area contributed by atoms with E-state index in [2.05, 4.69) is 16.7 Å². The molecule has 0 rings (SSSR count). The Morgan fingerprint density at radius 3 is 1.76 bits per heavy atom. The zero-order valence-corrected chi connectivity index (χ0v) is 14.0. The van der Waals surface area contributed by atoms with Crippen molar-refractivity contribution in [2.45, 2.75) is 91.4 Å². The van der Waals surface area contributed by atoms with Crippen LogP contribution in [0.25, 0.3) is 0 Å². The first-order valence-electron chi connectivity index (χ1n) is 8.46. The molecule has 0 saturated carbocycles. The van der Waals surface area contributed by atoms with Crippen molar-refractivity contribution in [2.24, 2.45) is 5.92 Å². The minimum Gasteiger partial charge on any atom is -0.247 e. The van der Waals surface area contributed by atoms with Gasteiger partial charge in [-0.1, -0.05) is 72.1 Å². The molecular formula is C17H32O4. The third kappa shape index (κ3) is 15.2. The predicted octanol–water partition coefficient (Wildman–Crippen LogP) is 4.95. The van der Waals surface area contributed by atoms with Gasteiger partial charge in [0.2, 0.25) is 0 Å². The van der Waals surface area contributed by atoms with Gasteiger partial charge in [0, 0.05) is 0 Å². The monoisotopic (exact) mass is 300 g/mol. The first-order valence-corrected chi connectivity index (χ1v) is 8.46. The molecule has 0 aliphatic rings. The lowest BCUT2D eigenvalue weighted by atomic mass is 10.1. The number of unbranched alkanes of at least 4 members (excludes halogenated alkanes) is 8. The molecule has 124 valence electrons. The maximum absolute atomic E-state index is 11.3. The molecule has 0 bridgehead atoms. The Bertz CT molecular complexity index is 274. The van der Waals surface area contributed by atoms with E-state index in [1.807, 2.05) is 13.8 Å². The van der Waals surface area contributed by atoms with Gasteiger partial charge in [-0.3, -0.25) is 0 Å². The highest BCUT2D eigenvalue weighted by Crippen LogP contribution is 2.11. The Balaban J connectivity index is 3.32. The fourth-order valence-electron chi connectivity index (χ4n) is 2.08. The predicted molar refractivity (Wildman–Crippen MR) is 83.5 cm³/mol. The van der Waals surface area contributed by atoms with Crippen molar-refractivity contribution in [1.82, 2.24) is 0 Å². The molecule has 0 amide bonds. The molecule has 0 aliphatic carbocycles. The van der Waals surface area contributed by atoms with Crippen molar-refractivity contribution in [1.29, 1.82) is 0 Å². The standard InChI is InChI=1S/C17H32O4/c1-4-5-6-7-8-9-10-11-12-13-16(18)20-21-17(19)14-15(2)3/h15H,4-14H2,1-3H3. The molecule has 0 aromatic carbocycles. The second-order valence-electron chi connectivity index (χ2n) is 6.09. The van der Waals surface area contributed by atoms with Gasteiger partial charge in [-0.25, -0.2) is 19.4 Å². The van der Waals surface area contributed by atoms with Crippen LogP contribution in [0, 0.1) is 5.92 Å². The summed E-state index contributed by atoms with van der Waals surface area (Å²) in [6, 6.07) is 0. The van der Waals surface area contributed by atoms with Crippen LogP contribution in [0.2, 0.25) is 0 Å². The van der Waals surface area contributed by atoms with E-state index in [0.717, 1.165) is 19.3 Å². The summed E-state index contributed by atoms with van der Waals surface area (Å²) in [5.41, 5.74) is 0. The number of hydrogen-bond acceptors (Lipinski definition) is 4. The topological polar surface area (TPSA) is 52.6 Å². The smallest absolute Gasteiger partial charge is 0.247 e. The molecule has 0 atom stereocenters. The summed E-state index contributed by atoms with van der Waals surface area (Å²) in [7, 11) is 0. The molecule has 0 unspecified atom stereocenters. The van der Waals surface area contributed by atoms with E-state index >= 15 is 0 Å². The van der Waals surface area contributed by atoms with Gasteiger partial charge in [0.15, 0.2) is 0 Å². The number of carbonyl (C=O) groups excluding carboxylic acids is 2. The van der Waals surface area contributed by atoms with Crippen molar-refractivity contribution in [3.8, 4) is 0 Å². The maximum atomic E-state index is 11.3. The van der Waals surface area contributed by atoms with Gasteiger partial charge >= 0.3 is 11.9 Å². The number of rotatable bonds is 12. The molecule has 0 aliphatic heterocycles. The molecule has 0 spiro atoms. The highest BCUT2D eigenvalue weighted by Gasteiger charge is 2.11. The van der Waals surface area contributed by atoms with Crippen LogP contribution < -0.4 is 0 Å². The van der Waals surface area contributed by atoms with Gasteiger partial charge < -0.3 is 0 Å². The fraction of sp³-hybridized carbons (Fsp3) is 0.882. The number of hydrogen-bond donors (Lipinski definition) is 0. The molecule has 0 N–H and O–H groups in total. The van der Waals surface area contributed by atoms with Crippen LogP contribution in [0.3, 0.4) is 0 Å². The van der Waals surface area contributed by atoms with Crippen molar-refractivity contribution < 1.29 is 19.4 Å². The lowest BCUT2D eigenvalue weighted by molar-refractivity contribution is -0.259. The molecule has 0 aromatic heterocycles. The van der Waals surface area contributed by atoms with Gasteiger partial charge in [-0.15, -0.1) is 0 Å². The van der Waals surface area contributed by atoms with E-state index in [9.17, 15) is 9.59 Å². The molecule has 4 nitrogen and oxygen atoms in total. The summed E-state index contributed by atoms with van der Waals surface area (Å²) in [5, 5.41) is 0. The highest BCUT2D eigenvalue weighted by molar-refractivity contribution is 5.72. The van der Waals surface area contributed by atoms with Crippen LogP contribution in [0.15, 0.2) is 0 Å². The lowest BCUT2D eigenvalue weighted by Gasteiger charge is -2.05. The van der Waals surface area contributed by atoms with Gasteiger partial charge in [-0.2, -0.15) is 0 Å². The van der Waals surface area contributed by atoms with E-state index in [1.165, 1.54) is 38.5 Å². The van der Waals surface area contributed by atoms with Crippen LogP contribution in [0.4, 0.5) is 0 Å². The zero-order chi connectivity index (χ0) is 15.9. The van der Waals surface area contributed by atoms with Crippen LogP contribution in [0.1, 0.15) is 91.4 Å². The first-order chi connectivity index (χ1) is 10.1. The molecule has 0 radical (unpaired) electrons. The minimum absolute atomic E-state index is 0.202. The maximum Gasteiger partial charge on any atom is 0.355 e. The molecule has 21 heavy (non-hydrogen) atoms. The van der Waals surface area contributed by atoms with E-state index in [0.29, 0.717) is 6.42 Å². The summed E-state index contributed by atoms with van der Waals surface area (Å²) < 4.78 is 0. The first kappa shape index (κ1) is 19.9. The van der Waals surface area contributed by atoms with Crippen molar-refractivity contribution in [3.05, 3.63) is 0 Å².